The first kappa shape index (κ1) is 17.7. The molecule has 0 radical (unpaired) electrons. The zero-order chi connectivity index (χ0) is 18.0. The maximum Gasteiger partial charge on any atom is 0.255 e. The van der Waals surface area contributed by atoms with Gasteiger partial charge in [-0.15, -0.1) is 0 Å². The van der Waals surface area contributed by atoms with Gasteiger partial charge >= 0.3 is 0 Å². The molecule has 136 valence electrons. The van der Waals surface area contributed by atoms with E-state index in [0.717, 1.165) is 0 Å². The monoisotopic (exact) mass is 366 g/mol. The molecular weight excluding hydrogens is 344 g/mol. The minimum absolute atomic E-state index is 0.0199. The van der Waals surface area contributed by atoms with Crippen LogP contribution in [0.25, 0.3) is 0 Å². The third kappa shape index (κ3) is 4.28. The van der Waals surface area contributed by atoms with E-state index in [1.807, 2.05) is 0 Å². The van der Waals surface area contributed by atoms with E-state index in [0.29, 0.717) is 43.9 Å². The summed E-state index contributed by atoms with van der Waals surface area (Å²) in [7, 11) is -2.96. The fourth-order valence-corrected chi connectivity index (χ4v) is 4.86. The molecule has 1 unspecified atom stereocenters. The highest BCUT2D eigenvalue weighted by atomic mass is 32.2. The van der Waals surface area contributed by atoms with Crippen LogP contribution in [-0.2, 0) is 14.6 Å². The Morgan fingerprint density at radius 1 is 1.16 bits per heavy atom. The highest BCUT2D eigenvalue weighted by molar-refractivity contribution is 7.91. The molecule has 2 amide bonds. The summed E-state index contributed by atoms with van der Waals surface area (Å²) in [6.07, 6.45) is 3.67. The van der Waals surface area contributed by atoms with E-state index in [-0.39, 0.29) is 29.4 Å². The van der Waals surface area contributed by atoms with Crippen LogP contribution in [0.5, 0.6) is 0 Å². The third-order valence-electron chi connectivity index (χ3n) is 4.60. The number of carbonyl (C=O) groups is 2. The van der Waals surface area contributed by atoms with Crippen molar-refractivity contribution < 1.29 is 18.0 Å². The van der Waals surface area contributed by atoms with Crippen LogP contribution in [0.2, 0.25) is 0 Å². The van der Waals surface area contributed by atoms with Crippen LogP contribution in [0.1, 0.15) is 23.7 Å². The van der Waals surface area contributed by atoms with E-state index in [1.165, 1.54) is 13.1 Å². The highest BCUT2D eigenvalue weighted by Crippen LogP contribution is 2.18. The number of pyridine rings is 1. The molecule has 25 heavy (non-hydrogen) atoms. The van der Waals surface area contributed by atoms with Gasteiger partial charge in [0, 0.05) is 51.5 Å². The Morgan fingerprint density at radius 2 is 1.84 bits per heavy atom. The number of piperazine rings is 1. The van der Waals surface area contributed by atoms with Gasteiger partial charge in [0.25, 0.3) is 5.91 Å². The number of sulfone groups is 1. The summed E-state index contributed by atoms with van der Waals surface area (Å²) < 4.78 is 23.1. The summed E-state index contributed by atoms with van der Waals surface area (Å²) >= 11 is 0. The number of amides is 2. The van der Waals surface area contributed by atoms with Gasteiger partial charge in [-0.25, -0.2) is 8.42 Å². The van der Waals surface area contributed by atoms with Crippen LogP contribution < -0.4 is 5.32 Å². The lowest BCUT2D eigenvalue weighted by molar-refractivity contribution is -0.130. The molecule has 2 aliphatic rings. The molecule has 1 N–H and O–H groups in total. The summed E-state index contributed by atoms with van der Waals surface area (Å²) in [5.41, 5.74) is 1.11. The van der Waals surface area contributed by atoms with Crippen LogP contribution in [0, 0.1) is 0 Å². The molecule has 0 aliphatic carbocycles. The first-order valence-electron chi connectivity index (χ1n) is 8.31. The Hall–Kier alpha value is -2.16. The number of hydrogen-bond acceptors (Lipinski definition) is 6. The number of anilines is 1. The first-order valence-corrected chi connectivity index (χ1v) is 10.1. The Labute approximate surface area is 147 Å². The van der Waals surface area contributed by atoms with Gasteiger partial charge < -0.3 is 15.1 Å². The van der Waals surface area contributed by atoms with Crippen LogP contribution >= 0.6 is 0 Å². The standard InChI is InChI=1S/C16H22N4O4S/c1-12(21)19-3-5-20(6-4-19)16(22)13-8-15(10-17-9-13)18-14-2-7-25(23,24)11-14/h8-10,14,18H,2-7,11H2,1H3. The van der Waals surface area contributed by atoms with Crippen molar-refractivity contribution in [2.45, 2.75) is 19.4 Å². The topological polar surface area (TPSA) is 99.7 Å². The number of carbonyl (C=O) groups excluding carboxylic acids is 2. The highest BCUT2D eigenvalue weighted by Gasteiger charge is 2.28. The molecule has 1 aromatic heterocycles. The van der Waals surface area contributed by atoms with E-state index in [4.69, 9.17) is 0 Å². The third-order valence-corrected chi connectivity index (χ3v) is 6.37. The molecule has 0 saturated carbocycles. The van der Waals surface area contributed by atoms with Gasteiger partial charge in [-0.3, -0.25) is 14.6 Å². The van der Waals surface area contributed by atoms with Gasteiger partial charge in [-0.2, -0.15) is 0 Å². The zero-order valence-electron chi connectivity index (χ0n) is 14.1. The van der Waals surface area contributed by atoms with Crippen LogP contribution in [0.15, 0.2) is 18.5 Å². The van der Waals surface area contributed by atoms with E-state index >= 15 is 0 Å². The molecule has 2 aliphatic heterocycles. The molecule has 2 saturated heterocycles. The molecule has 0 spiro atoms. The van der Waals surface area contributed by atoms with Crippen molar-refractivity contribution in [3.05, 3.63) is 24.0 Å². The number of hydrogen-bond donors (Lipinski definition) is 1. The summed E-state index contributed by atoms with van der Waals surface area (Å²) in [6, 6.07) is 1.56. The van der Waals surface area contributed by atoms with E-state index in [9.17, 15) is 18.0 Å². The minimum Gasteiger partial charge on any atom is -0.380 e. The van der Waals surface area contributed by atoms with Crippen molar-refractivity contribution in [3.63, 3.8) is 0 Å². The maximum atomic E-state index is 12.6. The molecule has 0 bridgehead atoms. The Kier molecular flexibility index (Phi) is 4.94. The second-order valence-electron chi connectivity index (χ2n) is 6.50. The summed E-state index contributed by atoms with van der Waals surface area (Å²) in [6.45, 7) is 3.59. The quantitative estimate of drug-likeness (QED) is 0.807. The van der Waals surface area contributed by atoms with Gasteiger partial charge in [-0.1, -0.05) is 0 Å². The number of aromatic nitrogens is 1. The molecule has 3 rings (SSSR count). The zero-order valence-corrected chi connectivity index (χ0v) is 15.0. The molecule has 1 aromatic rings. The van der Waals surface area contributed by atoms with Crippen molar-refractivity contribution in [2.24, 2.45) is 0 Å². The van der Waals surface area contributed by atoms with E-state index < -0.39 is 9.84 Å². The average molecular weight is 366 g/mol. The number of rotatable bonds is 3. The van der Waals surface area contributed by atoms with Crippen LogP contribution in [0.3, 0.4) is 0 Å². The predicted octanol–water partition coefficient (Wildman–Crippen LogP) is -0.0151. The summed E-state index contributed by atoms with van der Waals surface area (Å²) in [4.78, 5) is 31.5. The molecule has 1 atom stereocenters. The van der Waals surface area contributed by atoms with Gasteiger partial charge in [0.2, 0.25) is 5.91 Å². The summed E-state index contributed by atoms with van der Waals surface area (Å²) in [5.74, 6) is 0.194. The number of nitrogens with one attached hydrogen (secondary N) is 1. The van der Waals surface area contributed by atoms with Crippen molar-refractivity contribution in [1.82, 2.24) is 14.8 Å². The van der Waals surface area contributed by atoms with Crippen LogP contribution in [0.4, 0.5) is 5.69 Å². The lowest BCUT2D eigenvalue weighted by Gasteiger charge is -2.34. The second kappa shape index (κ2) is 6.99. The minimum atomic E-state index is -2.96. The normalized spacial score (nSPS) is 22.7. The van der Waals surface area contributed by atoms with E-state index in [2.05, 4.69) is 10.3 Å². The molecule has 0 aromatic carbocycles. The lowest BCUT2D eigenvalue weighted by atomic mass is 10.2. The molecular formula is C16H22N4O4S. The Balaban J connectivity index is 1.63. The van der Waals surface area contributed by atoms with Gasteiger partial charge in [0.05, 0.1) is 22.8 Å². The maximum absolute atomic E-state index is 12.6. The Morgan fingerprint density at radius 3 is 2.44 bits per heavy atom. The van der Waals surface area contributed by atoms with Crippen LogP contribution in [-0.4, -0.2) is 78.7 Å². The molecule has 3 heterocycles. The first-order chi connectivity index (χ1) is 11.8. The Bertz CT molecular complexity index is 772. The predicted molar refractivity (Wildman–Crippen MR) is 93.1 cm³/mol. The summed E-state index contributed by atoms with van der Waals surface area (Å²) in [5, 5.41) is 3.15. The molecule has 8 nitrogen and oxygen atoms in total. The largest absolute Gasteiger partial charge is 0.380 e. The van der Waals surface area contributed by atoms with Gasteiger partial charge in [0.15, 0.2) is 9.84 Å². The van der Waals surface area contributed by atoms with Crippen molar-refractivity contribution in [1.29, 1.82) is 0 Å². The van der Waals surface area contributed by atoms with E-state index in [1.54, 1.807) is 22.1 Å². The van der Waals surface area contributed by atoms with Gasteiger partial charge in [0.1, 0.15) is 0 Å². The van der Waals surface area contributed by atoms with Crippen molar-refractivity contribution in [2.75, 3.05) is 43.0 Å². The SMILES string of the molecule is CC(=O)N1CCN(C(=O)c2cncc(NC3CCS(=O)(=O)C3)c2)CC1. The average Bonchev–Trinajstić information content (AvgIpc) is 2.93. The van der Waals surface area contributed by atoms with Crippen molar-refractivity contribution >= 4 is 27.3 Å². The number of nitrogens with zero attached hydrogens (tertiary/aromatic N) is 3. The fraction of sp³-hybridized carbons (Fsp3) is 0.562. The molecule has 9 heteroatoms. The molecule has 2 fully saturated rings. The fourth-order valence-electron chi connectivity index (χ4n) is 3.19. The second-order valence-corrected chi connectivity index (χ2v) is 8.73. The smallest absolute Gasteiger partial charge is 0.255 e. The van der Waals surface area contributed by atoms with Crippen molar-refractivity contribution in [3.8, 4) is 0 Å². The van der Waals surface area contributed by atoms with Gasteiger partial charge in [-0.05, 0) is 12.5 Å². The lowest BCUT2D eigenvalue weighted by Crippen LogP contribution is -2.50.